The monoisotopic (exact) mass is 438 g/mol. The van der Waals surface area contributed by atoms with Gasteiger partial charge in [0.25, 0.3) is 0 Å². The number of hydrogen-bond donors (Lipinski definition) is 0. The van der Waals surface area contributed by atoms with E-state index in [9.17, 15) is 4.79 Å². The van der Waals surface area contributed by atoms with Gasteiger partial charge in [0.15, 0.2) is 0 Å². The van der Waals surface area contributed by atoms with Crippen molar-refractivity contribution in [2.24, 2.45) is 0 Å². The molecule has 0 atom stereocenters. The van der Waals surface area contributed by atoms with Crippen molar-refractivity contribution in [2.45, 2.75) is 63.3 Å². The lowest BCUT2D eigenvalue weighted by atomic mass is 10.1. The van der Waals surface area contributed by atoms with Crippen LogP contribution >= 0.6 is 11.8 Å². The molecule has 0 saturated carbocycles. The van der Waals surface area contributed by atoms with E-state index in [1.54, 1.807) is 16.4 Å². The highest BCUT2D eigenvalue weighted by Crippen LogP contribution is 2.40. The van der Waals surface area contributed by atoms with Gasteiger partial charge in [-0.1, -0.05) is 41.6 Å². The Kier molecular flexibility index (Phi) is 7.11. The van der Waals surface area contributed by atoms with E-state index in [0.717, 1.165) is 26.8 Å². The predicted octanol–water partition coefficient (Wildman–Crippen LogP) is 5.95. The first-order chi connectivity index (χ1) is 14.7. The van der Waals surface area contributed by atoms with Crippen LogP contribution in [-0.4, -0.2) is 22.4 Å². The second kappa shape index (κ2) is 9.60. The summed E-state index contributed by atoms with van der Waals surface area (Å²) in [5.41, 5.74) is 2.59. The van der Waals surface area contributed by atoms with E-state index in [2.05, 4.69) is 36.3 Å². The Morgan fingerprint density at radius 2 is 1.68 bits per heavy atom. The lowest BCUT2D eigenvalue weighted by Gasteiger charge is -2.22. The summed E-state index contributed by atoms with van der Waals surface area (Å²) in [7, 11) is 0. The fourth-order valence-electron chi connectivity index (χ4n) is 3.06. The summed E-state index contributed by atoms with van der Waals surface area (Å²) in [5, 5.41) is 4.69. The molecule has 0 N–H and O–H groups in total. The van der Waals surface area contributed by atoms with Crippen LogP contribution in [0.3, 0.4) is 0 Å². The second-order valence-corrected chi connectivity index (χ2v) is 9.53. The Labute approximate surface area is 188 Å². The molecule has 2 aromatic carbocycles. The predicted molar refractivity (Wildman–Crippen MR) is 124 cm³/mol. The topological polar surface area (TPSA) is 53.4 Å². The first-order valence-electron chi connectivity index (χ1n) is 10.4. The highest BCUT2D eigenvalue weighted by atomic mass is 32.2. The molecule has 3 rings (SSSR count). The molecule has 0 unspecified atom stereocenters. The number of ether oxygens (including phenoxy) is 2. The number of aryl methyl sites for hydroxylation is 2. The average Bonchev–Trinajstić information content (AvgIpc) is 3.01. The quantitative estimate of drug-likeness (QED) is 0.427. The molecule has 3 aromatic rings. The third-order valence-corrected chi connectivity index (χ3v) is 5.82. The van der Waals surface area contributed by atoms with E-state index in [0.29, 0.717) is 12.5 Å². The Bertz CT molecular complexity index is 1030. The number of aromatic nitrogens is 2. The zero-order valence-corrected chi connectivity index (χ0v) is 19.9. The molecule has 0 aliphatic rings. The van der Waals surface area contributed by atoms with Crippen molar-refractivity contribution in [1.29, 1.82) is 0 Å². The fourth-order valence-corrected chi connectivity index (χ4v) is 3.97. The summed E-state index contributed by atoms with van der Waals surface area (Å²) in [5.74, 6) is 0.963. The van der Waals surface area contributed by atoms with Crippen molar-refractivity contribution < 1.29 is 14.3 Å². The van der Waals surface area contributed by atoms with Crippen LogP contribution in [0.1, 0.15) is 44.5 Å². The van der Waals surface area contributed by atoms with Crippen molar-refractivity contribution in [1.82, 2.24) is 9.78 Å². The molecule has 0 bridgehead atoms. The SMILES string of the molecule is CCOc1ccc(CC(=O)Oc2c(Sc3ccc(C)cc3)c(C)nn2C(C)(C)C)cc1. The zero-order valence-electron chi connectivity index (χ0n) is 19.1. The first-order valence-corrected chi connectivity index (χ1v) is 11.3. The Morgan fingerprint density at radius 3 is 2.26 bits per heavy atom. The van der Waals surface area contributed by atoms with E-state index in [1.165, 1.54) is 5.56 Å². The first kappa shape index (κ1) is 22.9. The Morgan fingerprint density at radius 1 is 1.03 bits per heavy atom. The third kappa shape index (κ3) is 5.91. The summed E-state index contributed by atoms with van der Waals surface area (Å²) < 4.78 is 13.2. The highest BCUT2D eigenvalue weighted by Gasteiger charge is 2.27. The Balaban J connectivity index is 1.85. The van der Waals surface area contributed by atoms with Gasteiger partial charge in [0.05, 0.1) is 29.2 Å². The molecular weight excluding hydrogens is 408 g/mol. The van der Waals surface area contributed by atoms with Crippen LogP contribution in [0.5, 0.6) is 11.6 Å². The molecule has 6 heteroatoms. The van der Waals surface area contributed by atoms with Gasteiger partial charge in [-0.2, -0.15) is 5.10 Å². The number of rotatable bonds is 7. The molecule has 0 fully saturated rings. The standard InChI is InChI=1S/C25H30N2O3S/c1-7-29-20-12-10-19(11-13-20)16-22(28)30-24-23(18(3)26-27(24)25(4,5)6)31-21-14-8-17(2)9-15-21/h8-15H,7,16H2,1-6H3. The minimum Gasteiger partial charge on any atom is -0.494 e. The van der Waals surface area contributed by atoms with Gasteiger partial charge in [-0.25, -0.2) is 4.68 Å². The maximum atomic E-state index is 12.8. The molecule has 1 aromatic heterocycles. The lowest BCUT2D eigenvalue weighted by Crippen LogP contribution is -2.26. The largest absolute Gasteiger partial charge is 0.494 e. The fraction of sp³-hybridized carbons (Fsp3) is 0.360. The van der Waals surface area contributed by atoms with Crippen molar-refractivity contribution in [3.05, 3.63) is 65.4 Å². The van der Waals surface area contributed by atoms with Gasteiger partial charge in [-0.05, 0) is 71.4 Å². The smallest absolute Gasteiger partial charge is 0.317 e. The zero-order chi connectivity index (χ0) is 22.6. The molecule has 0 amide bonds. The minimum absolute atomic E-state index is 0.176. The molecule has 0 radical (unpaired) electrons. The number of nitrogens with zero attached hydrogens (tertiary/aromatic N) is 2. The maximum absolute atomic E-state index is 12.8. The van der Waals surface area contributed by atoms with Crippen LogP contribution in [-0.2, 0) is 16.8 Å². The average molecular weight is 439 g/mol. The van der Waals surface area contributed by atoms with Crippen molar-refractivity contribution in [3.63, 3.8) is 0 Å². The summed E-state index contributed by atoms with van der Waals surface area (Å²) in [6.07, 6.45) is 0.176. The number of carbonyl (C=O) groups excluding carboxylic acids is 1. The Hall–Kier alpha value is -2.73. The van der Waals surface area contributed by atoms with Gasteiger partial charge >= 0.3 is 5.97 Å². The lowest BCUT2D eigenvalue weighted by molar-refractivity contribution is -0.134. The second-order valence-electron chi connectivity index (χ2n) is 8.45. The molecule has 0 spiro atoms. The van der Waals surface area contributed by atoms with Crippen LogP contribution in [0, 0.1) is 13.8 Å². The number of hydrogen-bond acceptors (Lipinski definition) is 5. The van der Waals surface area contributed by atoms with Gasteiger partial charge in [-0.15, -0.1) is 0 Å². The van der Waals surface area contributed by atoms with Crippen LogP contribution < -0.4 is 9.47 Å². The van der Waals surface area contributed by atoms with Gasteiger partial charge in [-0.3, -0.25) is 4.79 Å². The molecule has 31 heavy (non-hydrogen) atoms. The number of carbonyl (C=O) groups is 1. The summed E-state index contributed by atoms with van der Waals surface area (Å²) >= 11 is 1.57. The summed E-state index contributed by atoms with van der Waals surface area (Å²) in [4.78, 5) is 14.8. The van der Waals surface area contributed by atoms with Crippen molar-refractivity contribution in [2.75, 3.05) is 6.61 Å². The molecule has 164 valence electrons. The van der Waals surface area contributed by atoms with E-state index < -0.39 is 0 Å². The molecule has 0 saturated heterocycles. The van der Waals surface area contributed by atoms with E-state index in [1.807, 2.05) is 58.9 Å². The van der Waals surface area contributed by atoms with Crippen molar-refractivity contribution in [3.8, 4) is 11.6 Å². The molecule has 5 nitrogen and oxygen atoms in total. The number of benzene rings is 2. The third-order valence-electron chi connectivity index (χ3n) is 4.63. The normalized spacial score (nSPS) is 11.4. The van der Waals surface area contributed by atoms with Crippen LogP contribution in [0.2, 0.25) is 0 Å². The summed E-state index contributed by atoms with van der Waals surface area (Å²) in [6.45, 7) is 12.7. The van der Waals surface area contributed by atoms with E-state index in [-0.39, 0.29) is 17.9 Å². The van der Waals surface area contributed by atoms with Gasteiger partial charge in [0.2, 0.25) is 5.88 Å². The van der Waals surface area contributed by atoms with Gasteiger partial charge in [0.1, 0.15) is 5.75 Å². The number of esters is 1. The molecule has 0 aliphatic heterocycles. The van der Waals surface area contributed by atoms with Crippen LogP contribution in [0.25, 0.3) is 0 Å². The van der Waals surface area contributed by atoms with Crippen molar-refractivity contribution >= 4 is 17.7 Å². The molecule has 1 heterocycles. The molecule has 0 aliphatic carbocycles. The van der Waals surface area contributed by atoms with E-state index in [4.69, 9.17) is 9.47 Å². The molecular formula is C25H30N2O3S. The highest BCUT2D eigenvalue weighted by molar-refractivity contribution is 7.99. The maximum Gasteiger partial charge on any atom is 0.317 e. The summed E-state index contributed by atoms with van der Waals surface area (Å²) in [6, 6.07) is 15.8. The van der Waals surface area contributed by atoms with E-state index >= 15 is 0 Å². The van der Waals surface area contributed by atoms with Gasteiger partial charge in [0, 0.05) is 4.90 Å². The van der Waals surface area contributed by atoms with Gasteiger partial charge < -0.3 is 9.47 Å². The minimum atomic E-state index is -0.328. The van der Waals surface area contributed by atoms with Crippen LogP contribution in [0.4, 0.5) is 0 Å². The van der Waals surface area contributed by atoms with Crippen LogP contribution in [0.15, 0.2) is 58.3 Å².